The molecular weight excluding hydrogens is 366 g/mol. The third-order valence-corrected chi connectivity index (χ3v) is 5.42. The van der Waals surface area contributed by atoms with E-state index >= 15 is 0 Å². The third-order valence-electron chi connectivity index (χ3n) is 5.13. The Morgan fingerprint density at radius 1 is 1.15 bits per heavy atom. The highest BCUT2D eigenvalue weighted by atomic mass is 35.5. The number of piperidine rings is 1. The molecule has 1 saturated heterocycles. The van der Waals surface area contributed by atoms with Crippen LogP contribution in [-0.4, -0.2) is 24.2 Å². The van der Waals surface area contributed by atoms with Crippen LogP contribution in [0, 0.1) is 5.92 Å². The van der Waals surface area contributed by atoms with Gasteiger partial charge < -0.3 is 4.74 Å². The van der Waals surface area contributed by atoms with Crippen molar-refractivity contribution in [2.75, 3.05) is 6.61 Å². The van der Waals surface area contributed by atoms with Crippen molar-refractivity contribution >= 4 is 35.3 Å². The van der Waals surface area contributed by atoms with Crippen LogP contribution in [0.1, 0.15) is 56.9 Å². The Morgan fingerprint density at radius 3 is 2.63 bits per heavy atom. The number of nitrogens with one attached hydrogen (secondary N) is 1. The number of imide groups is 1. The molecule has 144 valence electrons. The van der Waals surface area contributed by atoms with Gasteiger partial charge in [-0.25, -0.2) is 0 Å². The monoisotopic (exact) mass is 389 g/mol. The molecule has 1 aromatic carbocycles. The molecule has 1 saturated carbocycles. The molecular formula is C21H24ClNO4. The van der Waals surface area contributed by atoms with Gasteiger partial charge in [0.1, 0.15) is 5.75 Å². The topological polar surface area (TPSA) is 72.5 Å². The van der Waals surface area contributed by atoms with Gasteiger partial charge in [-0.2, -0.15) is 0 Å². The van der Waals surface area contributed by atoms with Crippen LogP contribution in [0.15, 0.2) is 23.8 Å². The number of hydrogen-bond acceptors (Lipinski definition) is 4. The third kappa shape index (κ3) is 5.42. The number of ketones is 1. The number of hydrogen-bond donors (Lipinski definition) is 1. The summed E-state index contributed by atoms with van der Waals surface area (Å²) >= 11 is 6.28. The van der Waals surface area contributed by atoms with Crippen LogP contribution in [0.5, 0.6) is 5.75 Å². The number of rotatable bonds is 6. The van der Waals surface area contributed by atoms with E-state index in [-0.39, 0.29) is 12.0 Å². The largest absolute Gasteiger partial charge is 0.492 e. The van der Waals surface area contributed by atoms with Gasteiger partial charge in [-0.3, -0.25) is 19.7 Å². The van der Waals surface area contributed by atoms with Crippen molar-refractivity contribution in [1.82, 2.24) is 5.32 Å². The van der Waals surface area contributed by atoms with Gasteiger partial charge in [0.2, 0.25) is 5.91 Å². The van der Waals surface area contributed by atoms with Crippen molar-refractivity contribution in [3.8, 4) is 5.75 Å². The second kappa shape index (κ2) is 9.18. The molecule has 0 spiro atoms. The van der Waals surface area contributed by atoms with E-state index in [2.05, 4.69) is 5.32 Å². The number of Topliss-reactive ketones (excluding diaryl/α,β-unsaturated/α-hetero) is 1. The zero-order valence-corrected chi connectivity index (χ0v) is 16.0. The average molecular weight is 390 g/mol. The standard InChI is InChI=1S/C21H24ClNO4/c22-17-12-15(11-16-18(24)13-20(25)23-21(16)26)8-9-19(17)27-10-4-7-14-5-2-1-3-6-14/h8-9,11-12,14H,1-7,10,13H2,(H,23,25,26)/b16-11+. The van der Waals surface area contributed by atoms with Gasteiger partial charge >= 0.3 is 0 Å². The van der Waals surface area contributed by atoms with Crippen molar-refractivity contribution in [2.45, 2.75) is 51.4 Å². The zero-order valence-electron chi connectivity index (χ0n) is 15.3. The molecule has 5 nitrogen and oxygen atoms in total. The highest BCUT2D eigenvalue weighted by molar-refractivity contribution is 6.33. The van der Waals surface area contributed by atoms with Gasteiger partial charge in [-0.15, -0.1) is 0 Å². The Morgan fingerprint density at radius 2 is 1.93 bits per heavy atom. The molecule has 2 fully saturated rings. The number of ether oxygens (including phenoxy) is 1. The predicted molar refractivity (Wildman–Crippen MR) is 104 cm³/mol. The molecule has 1 aliphatic heterocycles. The van der Waals surface area contributed by atoms with Crippen LogP contribution >= 0.6 is 11.6 Å². The predicted octanol–water partition coefficient (Wildman–Crippen LogP) is 4.08. The smallest absolute Gasteiger partial charge is 0.261 e. The molecule has 1 aliphatic carbocycles. The normalized spacial score (nSPS) is 20.0. The Hall–Kier alpha value is -2.14. The second-order valence-corrected chi connectivity index (χ2v) is 7.63. The van der Waals surface area contributed by atoms with Crippen LogP contribution in [0.3, 0.4) is 0 Å². The van der Waals surface area contributed by atoms with E-state index < -0.39 is 17.6 Å². The lowest BCUT2D eigenvalue weighted by Gasteiger charge is -2.21. The van der Waals surface area contributed by atoms with E-state index in [1.807, 2.05) is 0 Å². The molecule has 1 N–H and O–H groups in total. The van der Waals surface area contributed by atoms with Crippen LogP contribution in [0.25, 0.3) is 6.08 Å². The minimum atomic E-state index is -0.671. The van der Waals surface area contributed by atoms with E-state index in [4.69, 9.17) is 16.3 Å². The van der Waals surface area contributed by atoms with Gasteiger partial charge in [-0.1, -0.05) is 49.8 Å². The van der Waals surface area contributed by atoms with Crippen LogP contribution in [-0.2, 0) is 14.4 Å². The van der Waals surface area contributed by atoms with Crippen LogP contribution in [0.2, 0.25) is 5.02 Å². The number of benzene rings is 1. The molecule has 1 heterocycles. The molecule has 1 aromatic rings. The highest BCUT2D eigenvalue weighted by Crippen LogP contribution is 2.29. The number of carbonyl (C=O) groups is 3. The van der Waals surface area contributed by atoms with Crippen molar-refractivity contribution in [3.05, 3.63) is 34.4 Å². The van der Waals surface area contributed by atoms with Crippen molar-refractivity contribution in [3.63, 3.8) is 0 Å². The Bertz CT molecular complexity index is 743. The van der Waals surface area contributed by atoms with Crippen molar-refractivity contribution < 1.29 is 19.1 Å². The van der Waals surface area contributed by atoms with E-state index in [1.165, 1.54) is 44.6 Å². The van der Waals surface area contributed by atoms with Crippen LogP contribution < -0.4 is 10.1 Å². The van der Waals surface area contributed by atoms with Gasteiger partial charge in [-0.05, 0) is 42.5 Å². The SMILES string of the molecule is O=C1CC(=O)/C(=C\c2ccc(OCCCC3CCCCC3)c(Cl)c2)C(=O)N1. The summed E-state index contributed by atoms with van der Waals surface area (Å²) in [4.78, 5) is 34.9. The first-order valence-corrected chi connectivity index (χ1v) is 9.92. The molecule has 2 amide bonds. The number of amides is 2. The average Bonchev–Trinajstić information content (AvgIpc) is 2.64. The summed E-state index contributed by atoms with van der Waals surface area (Å²) in [5, 5.41) is 2.57. The van der Waals surface area contributed by atoms with Gasteiger partial charge in [0, 0.05) is 0 Å². The zero-order chi connectivity index (χ0) is 19.2. The fraction of sp³-hybridized carbons (Fsp3) is 0.476. The molecule has 2 aliphatic rings. The quantitative estimate of drug-likeness (QED) is 0.261. The molecule has 27 heavy (non-hydrogen) atoms. The summed E-state index contributed by atoms with van der Waals surface area (Å²) in [5.74, 6) is -0.301. The van der Waals surface area contributed by atoms with Gasteiger partial charge in [0.05, 0.1) is 23.6 Å². The summed E-state index contributed by atoms with van der Waals surface area (Å²) in [6.07, 6.45) is 10.1. The van der Waals surface area contributed by atoms with E-state index in [0.717, 1.165) is 12.3 Å². The maximum atomic E-state index is 11.9. The van der Waals surface area contributed by atoms with Crippen LogP contribution in [0.4, 0.5) is 0 Å². The highest BCUT2D eigenvalue weighted by Gasteiger charge is 2.28. The van der Waals surface area contributed by atoms with E-state index in [9.17, 15) is 14.4 Å². The lowest BCUT2D eigenvalue weighted by molar-refractivity contribution is -0.134. The number of carbonyl (C=O) groups excluding carboxylic acids is 3. The lowest BCUT2D eigenvalue weighted by Crippen LogP contribution is -2.40. The summed E-state index contributed by atoms with van der Waals surface area (Å²) in [6, 6.07) is 5.14. The van der Waals surface area contributed by atoms with Crippen molar-refractivity contribution in [1.29, 1.82) is 0 Å². The molecule has 0 aromatic heterocycles. The summed E-state index contributed by atoms with van der Waals surface area (Å²) in [7, 11) is 0. The maximum absolute atomic E-state index is 11.9. The fourth-order valence-electron chi connectivity index (χ4n) is 3.67. The van der Waals surface area contributed by atoms with Gasteiger partial charge in [0.15, 0.2) is 5.78 Å². The molecule has 0 radical (unpaired) electrons. The first kappa shape index (κ1) is 19.6. The molecule has 0 bridgehead atoms. The summed E-state index contributed by atoms with van der Waals surface area (Å²) in [5.41, 5.74) is 0.578. The lowest BCUT2D eigenvalue weighted by atomic mass is 9.86. The maximum Gasteiger partial charge on any atom is 0.261 e. The molecule has 6 heteroatoms. The van der Waals surface area contributed by atoms with Crippen molar-refractivity contribution in [2.24, 2.45) is 5.92 Å². The Balaban J connectivity index is 1.55. The molecule has 0 unspecified atom stereocenters. The summed E-state index contributed by atoms with van der Waals surface area (Å²) in [6.45, 7) is 0.625. The summed E-state index contributed by atoms with van der Waals surface area (Å²) < 4.78 is 5.79. The minimum Gasteiger partial charge on any atom is -0.492 e. The first-order chi connectivity index (χ1) is 13.0. The molecule has 0 atom stereocenters. The Labute approximate surface area is 164 Å². The number of halogens is 1. The Kier molecular flexibility index (Phi) is 6.67. The first-order valence-electron chi connectivity index (χ1n) is 9.54. The minimum absolute atomic E-state index is 0.0354. The fourth-order valence-corrected chi connectivity index (χ4v) is 3.92. The van der Waals surface area contributed by atoms with Gasteiger partial charge in [0.25, 0.3) is 5.91 Å². The second-order valence-electron chi connectivity index (χ2n) is 7.22. The van der Waals surface area contributed by atoms with E-state index in [1.54, 1.807) is 18.2 Å². The molecule has 3 rings (SSSR count). The van der Waals surface area contributed by atoms with E-state index in [0.29, 0.717) is 22.9 Å².